The van der Waals surface area contributed by atoms with Crippen LogP contribution in [0.15, 0.2) is 30.5 Å². The van der Waals surface area contributed by atoms with Crippen LogP contribution in [-0.4, -0.2) is 36.4 Å². The number of aryl methyl sites for hydroxylation is 1. The summed E-state index contributed by atoms with van der Waals surface area (Å²) in [5.74, 6) is 0.548. The Morgan fingerprint density at radius 1 is 1.15 bits per heavy atom. The second-order valence-corrected chi connectivity index (χ2v) is 6.76. The van der Waals surface area contributed by atoms with Crippen LogP contribution in [-0.2, 0) is 6.42 Å². The number of ketones is 1. The van der Waals surface area contributed by atoms with Gasteiger partial charge in [-0.05, 0) is 56.5 Å². The summed E-state index contributed by atoms with van der Waals surface area (Å²) >= 11 is 0. The topological polar surface area (TPSA) is 83.2 Å². The van der Waals surface area contributed by atoms with Crippen molar-refractivity contribution in [1.29, 1.82) is 0 Å². The van der Waals surface area contributed by atoms with Crippen molar-refractivity contribution >= 4 is 17.4 Å². The van der Waals surface area contributed by atoms with E-state index in [9.17, 15) is 9.59 Å². The van der Waals surface area contributed by atoms with Crippen LogP contribution in [0, 0.1) is 0 Å². The maximum Gasteiger partial charge on any atom is 0.257 e. The molecule has 2 aromatic rings. The summed E-state index contributed by atoms with van der Waals surface area (Å²) in [6.45, 7) is 4.52. The van der Waals surface area contributed by atoms with E-state index in [1.807, 2.05) is 12.1 Å². The van der Waals surface area contributed by atoms with Gasteiger partial charge in [0.25, 0.3) is 5.91 Å². The fourth-order valence-electron chi connectivity index (χ4n) is 3.25. The minimum Gasteiger partial charge on any atom is -0.492 e. The summed E-state index contributed by atoms with van der Waals surface area (Å²) in [6, 6.07) is 7.27. The quantitative estimate of drug-likeness (QED) is 0.491. The first-order valence-electron chi connectivity index (χ1n) is 9.67. The number of Topliss-reactive ketones (excluding diaryl/α,β-unsaturated/α-hetero) is 1. The van der Waals surface area contributed by atoms with E-state index in [1.54, 1.807) is 18.3 Å². The van der Waals surface area contributed by atoms with Crippen LogP contribution in [0.25, 0.3) is 0 Å². The third-order valence-corrected chi connectivity index (χ3v) is 4.65. The van der Waals surface area contributed by atoms with Crippen molar-refractivity contribution in [3.8, 4) is 5.75 Å². The lowest BCUT2D eigenvalue weighted by molar-refractivity contribution is 0.0965. The molecule has 0 aliphatic heterocycles. The van der Waals surface area contributed by atoms with E-state index >= 15 is 0 Å². The minimum atomic E-state index is -0.264. The van der Waals surface area contributed by atoms with Gasteiger partial charge in [-0.25, -0.2) is 0 Å². The number of anilines is 1. The molecule has 0 bridgehead atoms. The Morgan fingerprint density at radius 2 is 1.93 bits per heavy atom. The number of hydrogen-bond acceptors (Lipinski definition) is 4. The van der Waals surface area contributed by atoms with Gasteiger partial charge < -0.3 is 20.4 Å². The highest BCUT2D eigenvalue weighted by Gasteiger charge is 2.24. The van der Waals surface area contributed by atoms with Gasteiger partial charge in [0.1, 0.15) is 12.4 Å². The molecule has 3 rings (SSSR count). The maximum atomic E-state index is 12.6. The number of amides is 1. The number of fused-ring (bicyclic) bond motifs is 1. The second-order valence-electron chi connectivity index (χ2n) is 6.76. The van der Waals surface area contributed by atoms with Crippen molar-refractivity contribution in [1.82, 2.24) is 10.3 Å². The van der Waals surface area contributed by atoms with E-state index in [0.717, 1.165) is 50.2 Å². The largest absolute Gasteiger partial charge is 0.492 e. The zero-order chi connectivity index (χ0) is 19.1. The summed E-state index contributed by atoms with van der Waals surface area (Å²) in [7, 11) is 0. The number of H-pyrrole nitrogens is 1. The molecule has 6 nitrogen and oxygen atoms in total. The van der Waals surface area contributed by atoms with Crippen LogP contribution in [0.3, 0.4) is 0 Å². The SMILES string of the molecule is CCCNCCOc1ccc(NC(=O)c2c[nH]c3c2C(=O)CCCC3)cc1. The number of aromatic amines is 1. The summed E-state index contributed by atoms with van der Waals surface area (Å²) in [6.07, 6.45) is 5.90. The van der Waals surface area contributed by atoms with Crippen LogP contribution in [0.4, 0.5) is 5.69 Å². The van der Waals surface area contributed by atoms with Gasteiger partial charge >= 0.3 is 0 Å². The number of carbonyl (C=O) groups excluding carboxylic acids is 2. The molecule has 1 heterocycles. The third-order valence-electron chi connectivity index (χ3n) is 4.65. The number of aromatic nitrogens is 1. The van der Waals surface area contributed by atoms with Crippen molar-refractivity contribution in [2.75, 3.05) is 25.0 Å². The predicted molar refractivity (Wildman–Crippen MR) is 106 cm³/mol. The number of rotatable bonds is 8. The lowest BCUT2D eigenvalue weighted by Crippen LogP contribution is -2.21. The zero-order valence-corrected chi connectivity index (χ0v) is 15.8. The molecule has 0 radical (unpaired) electrons. The van der Waals surface area contributed by atoms with E-state index < -0.39 is 0 Å². The fraction of sp³-hybridized carbons (Fsp3) is 0.429. The van der Waals surface area contributed by atoms with Crippen LogP contribution < -0.4 is 15.4 Å². The Morgan fingerprint density at radius 3 is 2.70 bits per heavy atom. The van der Waals surface area contributed by atoms with Crippen molar-refractivity contribution in [2.24, 2.45) is 0 Å². The molecule has 144 valence electrons. The number of hydrogen-bond donors (Lipinski definition) is 3. The molecule has 1 aromatic heterocycles. The van der Waals surface area contributed by atoms with E-state index in [-0.39, 0.29) is 11.7 Å². The van der Waals surface area contributed by atoms with Crippen LogP contribution in [0.5, 0.6) is 5.75 Å². The van der Waals surface area contributed by atoms with E-state index in [2.05, 4.69) is 22.5 Å². The Labute approximate surface area is 159 Å². The molecule has 1 aliphatic carbocycles. The number of ether oxygens (including phenoxy) is 1. The van der Waals surface area contributed by atoms with E-state index in [1.165, 1.54) is 0 Å². The predicted octanol–water partition coefficient (Wildman–Crippen LogP) is 3.55. The first kappa shape index (κ1) is 19.2. The first-order valence-corrected chi connectivity index (χ1v) is 9.67. The maximum absolute atomic E-state index is 12.6. The van der Waals surface area contributed by atoms with Gasteiger partial charge in [0, 0.05) is 30.5 Å². The van der Waals surface area contributed by atoms with Crippen LogP contribution >= 0.6 is 0 Å². The summed E-state index contributed by atoms with van der Waals surface area (Å²) in [5, 5.41) is 6.15. The highest BCUT2D eigenvalue weighted by Crippen LogP contribution is 2.24. The van der Waals surface area contributed by atoms with Gasteiger partial charge in [0.15, 0.2) is 5.78 Å². The van der Waals surface area contributed by atoms with Gasteiger partial charge in [0.05, 0.1) is 11.1 Å². The Bertz CT molecular complexity index is 780. The van der Waals surface area contributed by atoms with Crippen molar-refractivity contribution < 1.29 is 14.3 Å². The molecule has 0 spiro atoms. The highest BCUT2D eigenvalue weighted by atomic mass is 16.5. The summed E-state index contributed by atoms with van der Waals surface area (Å²) < 4.78 is 5.66. The van der Waals surface area contributed by atoms with Crippen molar-refractivity contribution in [3.05, 3.63) is 47.3 Å². The molecular weight excluding hydrogens is 342 g/mol. The minimum absolute atomic E-state index is 0.0503. The molecule has 1 aliphatic rings. The normalized spacial score (nSPS) is 13.7. The van der Waals surface area contributed by atoms with Gasteiger partial charge in [-0.1, -0.05) is 6.92 Å². The van der Waals surface area contributed by atoms with Crippen LogP contribution in [0.2, 0.25) is 0 Å². The average Bonchev–Trinajstić information content (AvgIpc) is 3.02. The zero-order valence-electron chi connectivity index (χ0n) is 15.8. The molecular formula is C21H27N3O3. The van der Waals surface area contributed by atoms with Gasteiger partial charge in [-0.3, -0.25) is 9.59 Å². The highest BCUT2D eigenvalue weighted by molar-refractivity contribution is 6.13. The molecule has 0 atom stereocenters. The molecule has 0 saturated carbocycles. The average molecular weight is 369 g/mol. The fourth-order valence-corrected chi connectivity index (χ4v) is 3.25. The van der Waals surface area contributed by atoms with Gasteiger partial charge in [-0.2, -0.15) is 0 Å². The van der Waals surface area contributed by atoms with Crippen molar-refractivity contribution in [2.45, 2.75) is 39.0 Å². The number of benzene rings is 1. The lowest BCUT2D eigenvalue weighted by atomic mass is 10.0. The Hall–Kier alpha value is -2.60. The smallest absolute Gasteiger partial charge is 0.257 e. The van der Waals surface area contributed by atoms with E-state index in [4.69, 9.17) is 4.74 Å². The molecule has 0 saturated heterocycles. The number of nitrogens with one attached hydrogen (secondary N) is 3. The molecule has 6 heteroatoms. The Balaban J connectivity index is 1.59. The van der Waals surface area contributed by atoms with Crippen molar-refractivity contribution in [3.63, 3.8) is 0 Å². The summed E-state index contributed by atoms with van der Waals surface area (Å²) in [5.41, 5.74) is 2.54. The molecule has 27 heavy (non-hydrogen) atoms. The monoisotopic (exact) mass is 369 g/mol. The van der Waals surface area contributed by atoms with E-state index in [0.29, 0.717) is 29.8 Å². The molecule has 1 amide bonds. The van der Waals surface area contributed by atoms with Gasteiger partial charge in [0.2, 0.25) is 0 Å². The molecule has 1 aromatic carbocycles. The molecule has 3 N–H and O–H groups in total. The second kappa shape index (κ2) is 9.37. The Kier molecular flexibility index (Phi) is 6.65. The standard InChI is InChI=1S/C21H27N3O3/c1-2-11-22-12-13-27-16-9-7-15(8-10-16)24-21(26)17-14-23-18-5-3-4-6-19(25)20(17)18/h7-10,14,22-23H,2-6,11-13H2,1H3,(H,24,26). The summed E-state index contributed by atoms with van der Waals surface area (Å²) in [4.78, 5) is 28.1. The van der Waals surface area contributed by atoms with Gasteiger partial charge in [-0.15, -0.1) is 0 Å². The first-order chi connectivity index (χ1) is 13.2. The number of carbonyl (C=O) groups is 2. The molecule has 0 fully saturated rings. The molecule has 0 unspecified atom stereocenters. The lowest BCUT2D eigenvalue weighted by Gasteiger charge is -2.09. The van der Waals surface area contributed by atoms with Crippen LogP contribution in [0.1, 0.15) is 59.0 Å². The third kappa shape index (κ3) is 4.98.